The van der Waals surface area contributed by atoms with E-state index < -0.39 is 23.5 Å². The number of ether oxygens (including phenoxy) is 1. The Morgan fingerprint density at radius 3 is 2.51 bits per heavy atom. The van der Waals surface area contributed by atoms with Gasteiger partial charge in [0, 0.05) is 36.6 Å². The Balaban J connectivity index is 1.54. The summed E-state index contributed by atoms with van der Waals surface area (Å²) < 4.78 is 10.8. The monoisotopic (exact) mass is 527 g/mol. The Bertz CT molecular complexity index is 1540. The van der Waals surface area contributed by atoms with Gasteiger partial charge in [-0.2, -0.15) is 0 Å². The third kappa shape index (κ3) is 5.90. The van der Waals surface area contributed by atoms with Crippen LogP contribution in [0.1, 0.15) is 31.9 Å². The largest absolute Gasteiger partial charge is 0.444 e. The van der Waals surface area contributed by atoms with Crippen LogP contribution in [-0.4, -0.2) is 45.4 Å². The van der Waals surface area contributed by atoms with Crippen LogP contribution in [0, 0.1) is 0 Å². The molecule has 1 unspecified atom stereocenters. The molecule has 200 valence electrons. The second-order valence-electron chi connectivity index (χ2n) is 10.3. The maximum absolute atomic E-state index is 14.1. The van der Waals surface area contributed by atoms with Crippen molar-refractivity contribution in [1.82, 2.24) is 20.5 Å². The van der Waals surface area contributed by atoms with Crippen LogP contribution in [0.2, 0.25) is 0 Å². The van der Waals surface area contributed by atoms with Crippen LogP contribution in [-0.2, 0) is 22.4 Å². The maximum Gasteiger partial charge on any atom is 0.434 e. The van der Waals surface area contributed by atoms with Gasteiger partial charge in [-0.25, -0.2) is 14.7 Å². The molecule has 10 nitrogen and oxygen atoms in total. The molecule has 4 aromatic rings. The first kappa shape index (κ1) is 25.9. The molecule has 0 radical (unpaired) electrons. The summed E-state index contributed by atoms with van der Waals surface area (Å²) in [7, 11) is 0. The topological polar surface area (TPSA) is 130 Å². The molecule has 0 saturated heterocycles. The van der Waals surface area contributed by atoms with Crippen molar-refractivity contribution in [3.05, 3.63) is 88.7 Å². The van der Waals surface area contributed by atoms with E-state index in [-0.39, 0.29) is 18.2 Å². The second kappa shape index (κ2) is 10.6. The van der Waals surface area contributed by atoms with E-state index in [0.717, 1.165) is 22.3 Å². The van der Waals surface area contributed by atoms with Crippen LogP contribution in [0.5, 0.6) is 0 Å². The van der Waals surface area contributed by atoms with Crippen molar-refractivity contribution < 1.29 is 18.7 Å². The SMILES string of the molecule is CC(C)(C)OC(=O)NC(Cc1ccccc1)C(=O)N1CCc2c(-c3n[nH]c(=O)o3)cc(-c3ccncc3)cc21. The lowest BCUT2D eigenvalue weighted by Crippen LogP contribution is -2.50. The van der Waals surface area contributed by atoms with Gasteiger partial charge in [0.05, 0.1) is 0 Å². The smallest absolute Gasteiger partial charge is 0.434 e. The minimum Gasteiger partial charge on any atom is -0.444 e. The zero-order valence-electron chi connectivity index (χ0n) is 21.9. The van der Waals surface area contributed by atoms with E-state index in [9.17, 15) is 14.4 Å². The fourth-order valence-corrected chi connectivity index (χ4v) is 4.67. The molecule has 2 aromatic carbocycles. The van der Waals surface area contributed by atoms with Crippen LogP contribution in [0.4, 0.5) is 10.5 Å². The van der Waals surface area contributed by atoms with Crippen molar-refractivity contribution in [3.63, 3.8) is 0 Å². The van der Waals surface area contributed by atoms with Gasteiger partial charge in [0.15, 0.2) is 0 Å². The number of pyridine rings is 1. The van der Waals surface area contributed by atoms with Crippen LogP contribution >= 0.6 is 0 Å². The lowest BCUT2D eigenvalue weighted by atomic mass is 9.97. The maximum atomic E-state index is 14.1. The van der Waals surface area contributed by atoms with Crippen molar-refractivity contribution in [3.8, 4) is 22.6 Å². The molecule has 10 heteroatoms. The molecule has 2 N–H and O–H groups in total. The fraction of sp³-hybridized carbons (Fsp3) is 0.276. The number of nitrogens with zero attached hydrogens (tertiary/aromatic N) is 3. The lowest BCUT2D eigenvalue weighted by molar-refractivity contribution is -0.120. The van der Waals surface area contributed by atoms with Crippen LogP contribution in [0.15, 0.2) is 76.2 Å². The zero-order chi connectivity index (χ0) is 27.6. The molecule has 0 aliphatic carbocycles. The highest BCUT2D eigenvalue weighted by atomic mass is 16.6. The molecule has 2 aromatic heterocycles. The molecule has 5 rings (SSSR count). The van der Waals surface area contributed by atoms with Gasteiger partial charge in [0.1, 0.15) is 11.6 Å². The van der Waals surface area contributed by atoms with Gasteiger partial charge in [-0.1, -0.05) is 30.3 Å². The summed E-state index contributed by atoms with van der Waals surface area (Å²) in [5.74, 6) is -0.789. The number of fused-ring (bicyclic) bond motifs is 1. The van der Waals surface area contributed by atoms with Gasteiger partial charge >= 0.3 is 11.8 Å². The third-order valence-electron chi connectivity index (χ3n) is 6.32. The fourth-order valence-electron chi connectivity index (χ4n) is 4.67. The Morgan fingerprint density at radius 2 is 1.85 bits per heavy atom. The van der Waals surface area contributed by atoms with Gasteiger partial charge < -0.3 is 19.4 Å². The van der Waals surface area contributed by atoms with Gasteiger partial charge in [-0.05, 0) is 73.7 Å². The zero-order valence-corrected chi connectivity index (χ0v) is 21.9. The molecular weight excluding hydrogens is 498 g/mol. The number of alkyl carbamates (subject to hydrolysis) is 1. The molecule has 0 spiro atoms. The highest BCUT2D eigenvalue weighted by molar-refractivity contribution is 6.02. The minimum absolute atomic E-state index is 0.147. The standard InChI is InChI=1S/C29H29N5O5/c1-29(2,3)39-27(36)31-23(15-18-7-5-4-6-8-18)26(35)34-14-11-21-22(25-32-33-28(37)38-25)16-20(17-24(21)34)19-9-12-30-13-10-19/h4-10,12-13,16-17,23H,11,14-15H2,1-3H3,(H,31,36)(H,33,37). The number of amides is 2. The molecular formula is C29H29N5O5. The molecule has 1 atom stereocenters. The number of nitrogens with one attached hydrogen (secondary N) is 2. The molecule has 1 aliphatic heterocycles. The first-order valence-electron chi connectivity index (χ1n) is 12.7. The van der Waals surface area contributed by atoms with E-state index >= 15 is 0 Å². The van der Waals surface area contributed by atoms with E-state index in [1.807, 2.05) is 54.6 Å². The van der Waals surface area contributed by atoms with E-state index in [4.69, 9.17) is 9.15 Å². The second-order valence-corrected chi connectivity index (χ2v) is 10.3. The van der Waals surface area contributed by atoms with Crippen molar-refractivity contribution >= 4 is 17.7 Å². The summed E-state index contributed by atoms with van der Waals surface area (Å²) in [4.78, 5) is 44.3. The summed E-state index contributed by atoms with van der Waals surface area (Å²) >= 11 is 0. The first-order chi connectivity index (χ1) is 18.7. The van der Waals surface area contributed by atoms with Crippen molar-refractivity contribution in [2.45, 2.75) is 45.3 Å². The average molecular weight is 528 g/mol. The molecule has 0 bridgehead atoms. The highest BCUT2D eigenvalue weighted by Gasteiger charge is 2.34. The van der Waals surface area contributed by atoms with Crippen LogP contribution in [0.3, 0.4) is 0 Å². The van der Waals surface area contributed by atoms with Crippen LogP contribution < -0.4 is 16.0 Å². The number of aromatic amines is 1. The predicted octanol–water partition coefficient (Wildman–Crippen LogP) is 4.12. The first-order valence-corrected chi connectivity index (χ1v) is 12.7. The van der Waals surface area contributed by atoms with Gasteiger partial charge in [0.2, 0.25) is 11.8 Å². The van der Waals surface area contributed by atoms with Gasteiger partial charge in [-0.3, -0.25) is 9.78 Å². The van der Waals surface area contributed by atoms with Crippen LogP contribution in [0.25, 0.3) is 22.6 Å². The lowest BCUT2D eigenvalue weighted by Gasteiger charge is -2.27. The molecule has 1 aliphatic rings. The number of carbonyl (C=O) groups is 2. The molecule has 0 saturated carbocycles. The number of rotatable bonds is 6. The Labute approximate surface area is 225 Å². The molecule has 2 amide bonds. The Hall–Kier alpha value is -4.73. The average Bonchev–Trinajstić information content (AvgIpc) is 3.53. The molecule has 0 fully saturated rings. The van der Waals surface area contributed by atoms with Gasteiger partial charge in [0.25, 0.3) is 0 Å². The number of H-pyrrole nitrogens is 1. The molecule has 3 heterocycles. The normalized spacial score (nSPS) is 13.6. The number of aromatic nitrogens is 3. The Morgan fingerprint density at radius 1 is 1.10 bits per heavy atom. The predicted molar refractivity (Wildman–Crippen MR) is 145 cm³/mol. The van der Waals surface area contributed by atoms with Crippen molar-refractivity contribution in [2.24, 2.45) is 0 Å². The van der Waals surface area contributed by atoms with E-state index in [0.29, 0.717) is 24.2 Å². The minimum atomic E-state index is -0.871. The Kier molecular flexibility index (Phi) is 7.02. The number of hydrogen-bond acceptors (Lipinski definition) is 7. The summed E-state index contributed by atoms with van der Waals surface area (Å²) in [6.45, 7) is 5.70. The van der Waals surface area contributed by atoms with E-state index in [1.54, 1.807) is 38.1 Å². The third-order valence-corrected chi connectivity index (χ3v) is 6.32. The van der Waals surface area contributed by atoms with E-state index in [1.165, 1.54) is 0 Å². The number of benzene rings is 2. The van der Waals surface area contributed by atoms with Gasteiger partial charge in [-0.15, -0.1) is 5.10 Å². The van der Waals surface area contributed by atoms with E-state index in [2.05, 4.69) is 20.5 Å². The van der Waals surface area contributed by atoms with Crippen molar-refractivity contribution in [1.29, 1.82) is 0 Å². The summed E-state index contributed by atoms with van der Waals surface area (Å²) in [5.41, 5.74) is 3.97. The number of hydrogen-bond donors (Lipinski definition) is 2. The summed E-state index contributed by atoms with van der Waals surface area (Å²) in [6.07, 6.45) is 3.51. The number of carbonyl (C=O) groups excluding carboxylic acids is 2. The highest BCUT2D eigenvalue weighted by Crippen LogP contribution is 2.40. The summed E-state index contributed by atoms with van der Waals surface area (Å²) in [6, 6.07) is 16.2. The quantitative estimate of drug-likeness (QED) is 0.386. The molecule has 39 heavy (non-hydrogen) atoms. The number of anilines is 1. The summed E-state index contributed by atoms with van der Waals surface area (Å²) in [5, 5.41) is 9.14. The van der Waals surface area contributed by atoms with Crippen molar-refractivity contribution in [2.75, 3.05) is 11.4 Å².